The van der Waals surface area contributed by atoms with Crippen LogP contribution in [0, 0.1) is 0 Å². The van der Waals surface area contributed by atoms with Crippen molar-refractivity contribution in [2.45, 2.75) is 5.40 Å². The first-order valence-corrected chi connectivity index (χ1v) is 4.68. The fourth-order valence-electron chi connectivity index (χ4n) is 1.28. The van der Waals surface area contributed by atoms with Crippen LogP contribution in [0.5, 0.6) is 11.5 Å². The molecule has 2 rings (SSSR count). The van der Waals surface area contributed by atoms with E-state index in [1.54, 1.807) is 12.1 Å². The summed E-state index contributed by atoms with van der Waals surface area (Å²) >= 11 is 3.28. The van der Waals surface area contributed by atoms with Crippen LogP contribution in [-0.4, -0.2) is 27.6 Å². The number of ether oxygens (including phenoxy) is 2. The van der Waals surface area contributed by atoms with Gasteiger partial charge in [0.2, 0.25) is 6.79 Å². The number of hydrogen-bond donors (Lipinski definition) is 1. The van der Waals surface area contributed by atoms with Gasteiger partial charge in [0.15, 0.2) is 11.5 Å². The molecule has 1 aromatic carbocycles. The van der Waals surface area contributed by atoms with Crippen molar-refractivity contribution < 1.29 is 14.6 Å². The van der Waals surface area contributed by atoms with Gasteiger partial charge in [-0.2, -0.15) is 0 Å². The van der Waals surface area contributed by atoms with Crippen molar-refractivity contribution in [3.05, 3.63) is 22.2 Å². The van der Waals surface area contributed by atoms with Gasteiger partial charge in [0.05, 0.1) is 4.47 Å². The molecule has 0 atom stereocenters. The fourth-order valence-corrected chi connectivity index (χ4v) is 1.71. The molecule has 14 heavy (non-hydrogen) atoms. The molecule has 0 saturated carbocycles. The Hall–Kier alpha value is -0.610. The van der Waals surface area contributed by atoms with Crippen LogP contribution in [0.3, 0.4) is 0 Å². The maximum absolute atomic E-state index is 9.45. The summed E-state index contributed by atoms with van der Waals surface area (Å²) in [4.78, 5) is 0. The van der Waals surface area contributed by atoms with Gasteiger partial charge in [-0.25, -0.2) is 0 Å². The number of aliphatic hydroxyl groups is 1. The van der Waals surface area contributed by atoms with E-state index in [-0.39, 0.29) is 6.79 Å². The third kappa shape index (κ3) is 1.53. The molecular formula is C8H5B2BrO3. The lowest BCUT2D eigenvalue weighted by Gasteiger charge is -2.20. The number of rotatable bonds is 1. The van der Waals surface area contributed by atoms with Crippen molar-refractivity contribution in [1.29, 1.82) is 0 Å². The van der Waals surface area contributed by atoms with E-state index in [9.17, 15) is 5.11 Å². The van der Waals surface area contributed by atoms with E-state index in [4.69, 9.17) is 25.2 Å². The van der Waals surface area contributed by atoms with Gasteiger partial charge in [-0.3, -0.25) is 0 Å². The van der Waals surface area contributed by atoms with E-state index in [0.29, 0.717) is 17.1 Å². The second-order valence-electron chi connectivity index (χ2n) is 2.99. The largest absolute Gasteiger partial charge is 0.453 e. The van der Waals surface area contributed by atoms with E-state index >= 15 is 0 Å². The van der Waals surface area contributed by atoms with Crippen LogP contribution in [-0.2, 0) is 5.40 Å². The second-order valence-corrected chi connectivity index (χ2v) is 3.84. The molecule has 68 valence electrons. The number of hydrogen-bond acceptors (Lipinski definition) is 3. The lowest BCUT2D eigenvalue weighted by Crippen LogP contribution is -2.26. The van der Waals surface area contributed by atoms with Crippen molar-refractivity contribution in [2.24, 2.45) is 0 Å². The van der Waals surface area contributed by atoms with Crippen molar-refractivity contribution in [3.63, 3.8) is 0 Å². The Morgan fingerprint density at radius 2 is 1.93 bits per heavy atom. The summed E-state index contributed by atoms with van der Waals surface area (Å²) in [5, 5.41) is 7.53. The zero-order valence-electron chi connectivity index (χ0n) is 7.16. The third-order valence-corrected chi connectivity index (χ3v) is 2.53. The van der Waals surface area contributed by atoms with Crippen LogP contribution in [0.2, 0.25) is 0 Å². The molecule has 0 aliphatic carbocycles. The Balaban J connectivity index is 2.60. The highest BCUT2D eigenvalue weighted by atomic mass is 79.9. The van der Waals surface area contributed by atoms with Gasteiger partial charge in [-0.05, 0) is 22.0 Å². The molecule has 4 radical (unpaired) electrons. The normalized spacial score (nSPS) is 14.4. The molecule has 0 unspecified atom stereocenters. The van der Waals surface area contributed by atoms with Crippen LogP contribution in [0.4, 0.5) is 0 Å². The molecule has 1 aromatic rings. The number of fused-ring (bicyclic) bond motifs is 1. The first kappa shape index (κ1) is 9.93. The topological polar surface area (TPSA) is 38.7 Å². The average Bonchev–Trinajstić information content (AvgIpc) is 2.50. The van der Waals surface area contributed by atoms with Crippen LogP contribution in [0.1, 0.15) is 5.56 Å². The molecule has 1 aliphatic rings. The van der Waals surface area contributed by atoms with Crippen molar-refractivity contribution in [1.82, 2.24) is 0 Å². The maximum atomic E-state index is 9.45. The minimum atomic E-state index is -1.92. The number of benzene rings is 1. The zero-order chi connectivity index (χ0) is 10.3. The fraction of sp³-hybridized carbons (Fsp3) is 0.250. The Labute approximate surface area is 92.3 Å². The van der Waals surface area contributed by atoms with Gasteiger partial charge in [-0.1, -0.05) is 6.07 Å². The summed E-state index contributed by atoms with van der Waals surface area (Å²) in [6.45, 7) is 0.0982. The molecule has 0 amide bonds. The minimum absolute atomic E-state index is 0.0982. The summed E-state index contributed by atoms with van der Waals surface area (Å²) in [7, 11) is 10.7. The molecule has 0 aromatic heterocycles. The van der Waals surface area contributed by atoms with Crippen molar-refractivity contribution >= 4 is 31.6 Å². The molecule has 0 fully saturated rings. The molecular weight excluding hydrogens is 246 g/mol. The average molecular weight is 251 g/mol. The predicted molar refractivity (Wildman–Crippen MR) is 55.7 cm³/mol. The van der Waals surface area contributed by atoms with Crippen molar-refractivity contribution in [2.75, 3.05) is 6.79 Å². The monoisotopic (exact) mass is 250 g/mol. The minimum Gasteiger partial charge on any atom is -0.453 e. The summed E-state index contributed by atoms with van der Waals surface area (Å²) < 4.78 is 11.1. The Kier molecular flexibility index (Phi) is 2.27. The van der Waals surface area contributed by atoms with Crippen LogP contribution in [0.15, 0.2) is 16.6 Å². The van der Waals surface area contributed by atoms with Gasteiger partial charge >= 0.3 is 0 Å². The van der Waals surface area contributed by atoms with Gasteiger partial charge in [0.1, 0.15) is 15.7 Å². The van der Waals surface area contributed by atoms with Crippen LogP contribution >= 0.6 is 15.9 Å². The first-order valence-electron chi connectivity index (χ1n) is 3.89. The van der Waals surface area contributed by atoms with Gasteiger partial charge in [0.25, 0.3) is 0 Å². The zero-order valence-corrected chi connectivity index (χ0v) is 8.74. The van der Waals surface area contributed by atoms with E-state index in [0.717, 1.165) is 4.47 Å². The van der Waals surface area contributed by atoms with Crippen LogP contribution < -0.4 is 9.47 Å². The van der Waals surface area contributed by atoms with Gasteiger partial charge in [-0.15, -0.1) is 0 Å². The molecule has 6 heteroatoms. The molecule has 1 aliphatic heterocycles. The quantitative estimate of drug-likeness (QED) is 0.743. The summed E-state index contributed by atoms with van der Waals surface area (Å²) in [6, 6.07) is 3.27. The second kappa shape index (κ2) is 3.21. The molecule has 3 nitrogen and oxygen atoms in total. The Morgan fingerprint density at radius 1 is 1.29 bits per heavy atom. The lowest BCUT2D eigenvalue weighted by atomic mass is 9.61. The van der Waals surface area contributed by atoms with Gasteiger partial charge in [0, 0.05) is 11.0 Å². The SMILES string of the molecule is [B]C([B])(O)c1ccc(Br)c2c1OCO2. The molecule has 1 N–H and O–H groups in total. The van der Waals surface area contributed by atoms with Crippen molar-refractivity contribution in [3.8, 4) is 11.5 Å². The smallest absolute Gasteiger partial charge is 0.231 e. The maximum Gasteiger partial charge on any atom is 0.231 e. The van der Waals surface area contributed by atoms with E-state index in [1.807, 2.05) is 0 Å². The number of halogens is 1. The molecule has 0 saturated heterocycles. The lowest BCUT2D eigenvalue weighted by molar-refractivity contribution is 0.167. The highest BCUT2D eigenvalue weighted by Gasteiger charge is 2.27. The highest BCUT2D eigenvalue weighted by molar-refractivity contribution is 9.10. The Bertz CT molecular complexity index is 376. The highest BCUT2D eigenvalue weighted by Crippen LogP contribution is 2.43. The van der Waals surface area contributed by atoms with E-state index in [2.05, 4.69) is 15.9 Å². The first-order chi connectivity index (χ1) is 6.50. The predicted octanol–water partition coefficient (Wildman–Crippen LogP) is 0.617. The van der Waals surface area contributed by atoms with Crippen LogP contribution in [0.25, 0.3) is 0 Å². The molecule has 0 bridgehead atoms. The summed E-state index contributed by atoms with van der Waals surface area (Å²) in [5.74, 6) is 0.892. The van der Waals surface area contributed by atoms with E-state index in [1.165, 1.54) is 0 Å². The third-order valence-electron chi connectivity index (χ3n) is 1.90. The summed E-state index contributed by atoms with van der Waals surface area (Å²) in [6.07, 6.45) is 0. The molecule has 1 heterocycles. The Morgan fingerprint density at radius 3 is 2.57 bits per heavy atom. The van der Waals surface area contributed by atoms with E-state index < -0.39 is 5.40 Å². The molecule has 0 spiro atoms. The summed E-state index contributed by atoms with van der Waals surface area (Å²) in [5.41, 5.74) is 0.299. The van der Waals surface area contributed by atoms with Gasteiger partial charge < -0.3 is 14.6 Å². The standard InChI is InChI=1S/C8H5B2BrO3/c9-8(10,12)4-1-2-5(11)7-6(4)13-3-14-7/h1-2,12H,3H2.